The molecular formula is C13H15ClFNO. The minimum Gasteiger partial charge on any atom is -0.307 e. The molecule has 0 atom stereocenters. The number of carbonyl (C=O) groups excluding carboxylic acids is 1. The van der Waals surface area contributed by atoms with Gasteiger partial charge in [-0.05, 0) is 31.0 Å². The molecule has 0 spiro atoms. The summed E-state index contributed by atoms with van der Waals surface area (Å²) in [6.45, 7) is 0.230. The van der Waals surface area contributed by atoms with Crippen LogP contribution >= 0.6 is 11.6 Å². The highest BCUT2D eigenvalue weighted by molar-refractivity contribution is 6.34. The zero-order valence-electron chi connectivity index (χ0n) is 9.51. The van der Waals surface area contributed by atoms with Crippen molar-refractivity contribution in [3.8, 4) is 0 Å². The molecule has 1 fully saturated rings. The van der Waals surface area contributed by atoms with Gasteiger partial charge in [-0.2, -0.15) is 0 Å². The Morgan fingerprint density at radius 2 is 2.12 bits per heavy atom. The zero-order chi connectivity index (χ0) is 12.3. The highest BCUT2D eigenvalue weighted by atomic mass is 35.5. The van der Waals surface area contributed by atoms with Crippen molar-refractivity contribution >= 4 is 17.4 Å². The van der Waals surface area contributed by atoms with E-state index in [2.05, 4.69) is 5.32 Å². The lowest BCUT2D eigenvalue weighted by Gasteiger charge is -2.11. The Morgan fingerprint density at radius 3 is 2.82 bits per heavy atom. The Kier molecular flexibility index (Phi) is 4.13. The predicted molar refractivity (Wildman–Crippen MR) is 66.0 cm³/mol. The molecule has 4 heteroatoms. The number of benzene rings is 1. The second-order valence-corrected chi connectivity index (χ2v) is 4.82. The van der Waals surface area contributed by atoms with Gasteiger partial charge in [0.25, 0.3) is 0 Å². The maximum absolute atomic E-state index is 13.0. The number of halogens is 2. The van der Waals surface area contributed by atoms with Crippen LogP contribution in [0.15, 0.2) is 18.2 Å². The maximum atomic E-state index is 13.0. The highest BCUT2D eigenvalue weighted by Gasteiger charge is 2.17. The van der Waals surface area contributed by atoms with Crippen molar-refractivity contribution in [2.45, 2.75) is 31.7 Å². The average molecular weight is 256 g/mol. The summed E-state index contributed by atoms with van der Waals surface area (Å²) in [5.41, 5.74) is 0.261. The molecule has 2 rings (SSSR count). The first-order chi connectivity index (χ1) is 8.16. The van der Waals surface area contributed by atoms with Gasteiger partial charge in [-0.3, -0.25) is 4.79 Å². The van der Waals surface area contributed by atoms with Crippen LogP contribution in [-0.4, -0.2) is 18.4 Å². The van der Waals surface area contributed by atoms with Crippen molar-refractivity contribution < 1.29 is 9.18 Å². The Balaban J connectivity index is 1.96. The van der Waals surface area contributed by atoms with E-state index in [4.69, 9.17) is 11.6 Å². The van der Waals surface area contributed by atoms with Gasteiger partial charge in [0, 0.05) is 11.6 Å². The summed E-state index contributed by atoms with van der Waals surface area (Å²) in [6, 6.07) is 4.29. The molecule has 1 aromatic rings. The van der Waals surface area contributed by atoms with Crippen molar-refractivity contribution in [2.24, 2.45) is 0 Å². The highest BCUT2D eigenvalue weighted by Crippen LogP contribution is 2.19. The van der Waals surface area contributed by atoms with E-state index in [9.17, 15) is 9.18 Å². The van der Waals surface area contributed by atoms with E-state index in [0.717, 1.165) is 12.8 Å². The predicted octanol–water partition coefficient (Wildman–Crippen LogP) is 3.19. The number of hydrogen-bond acceptors (Lipinski definition) is 2. The largest absolute Gasteiger partial charge is 0.307 e. The molecule has 0 heterocycles. The van der Waals surface area contributed by atoms with Gasteiger partial charge in [0.1, 0.15) is 5.82 Å². The summed E-state index contributed by atoms with van der Waals surface area (Å²) in [5, 5.41) is 3.51. The first-order valence-electron chi connectivity index (χ1n) is 5.88. The molecule has 0 bridgehead atoms. The van der Waals surface area contributed by atoms with Crippen LogP contribution in [0.1, 0.15) is 36.0 Å². The summed E-state index contributed by atoms with van der Waals surface area (Å²) >= 11 is 5.87. The third kappa shape index (κ3) is 3.27. The number of hydrogen-bond donors (Lipinski definition) is 1. The first kappa shape index (κ1) is 12.5. The van der Waals surface area contributed by atoms with E-state index in [-0.39, 0.29) is 17.9 Å². The van der Waals surface area contributed by atoms with Crippen LogP contribution < -0.4 is 5.32 Å². The summed E-state index contributed by atoms with van der Waals surface area (Å²) in [6.07, 6.45) is 4.66. The second kappa shape index (κ2) is 5.61. The van der Waals surface area contributed by atoms with Gasteiger partial charge in [0.05, 0.1) is 11.6 Å². The zero-order valence-corrected chi connectivity index (χ0v) is 10.3. The van der Waals surface area contributed by atoms with Crippen molar-refractivity contribution in [1.29, 1.82) is 0 Å². The van der Waals surface area contributed by atoms with Crippen LogP contribution in [-0.2, 0) is 0 Å². The quantitative estimate of drug-likeness (QED) is 0.838. The molecule has 0 aliphatic heterocycles. The Bertz CT molecular complexity index is 416. The lowest BCUT2D eigenvalue weighted by molar-refractivity contribution is 0.0987. The Hall–Kier alpha value is -0.930. The molecule has 0 saturated heterocycles. The minimum atomic E-state index is -0.432. The van der Waals surface area contributed by atoms with Gasteiger partial charge in [-0.15, -0.1) is 0 Å². The number of ketones is 1. The normalized spacial score (nSPS) is 16.4. The average Bonchev–Trinajstić information content (AvgIpc) is 2.82. The van der Waals surface area contributed by atoms with E-state index < -0.39 is 5.82 Å². The van der Waals surface area contributed by atoms with Gasteiger partial charge in [0.2, 0.25) is 0 Å². The molecule has 2 nitrogen and oxygen atoms in total. The molecule has 1 N–H and O–H groups in total. The molecule has 0 unspecified atom stereocenters. The summed E-state index contributed by atoms with van der Waals surface area (Å²) < 4.78 is 13.0. The van der Waals surface area contributed by atoms with Crippen LogP contribution in [0.25, 0.3) is 0 Å². The fourth-order valence-corrected chi connectivity index (χ4v) is 2.40. The molecule has 0 amide bonds. The van der Waals surface area contributed by atoms with Crippen LogP contribution in [0.5, 0.6) is 0 Å². The van der Waals surface area contributed by atoms with E-state index >= 15 is 0 Å². The molecular weight excluding hydrogens is 241 g/mol. The number of nitrogens with one attached hydrogen (secondary N) is 1. The van der Waals surface area contributed by atoms with Crippen LogP contribution in [0.3, 0.4) is 0 Å². The fourth-order valence-electron chi connectivity index (χ4n) is 2.17. The Morgan fingerprint density at radius 1 is 1.41 bits per heavy atom. The fraction of sp³-hybridized carbons (Fsp3) is 0.462. The van der Waals surface area contributed by atoms with Gasteiger partial charge in [0.15, 0.2) is 5.78 Å². The smallest absolute Gasteiger partial charge is 0.178 e. The number of Topliss-reactive ketones (excluding diaryl/α,β-unsaturated/α-hetero) is 1. The van der Waals surface area contributed by atoms with Gasteiger partial charge < -0.3 is 5.32 Å². The summed E-state index contributed by atoms with van der Waals surface area (Å²) in [5.74, 6) is -0.583. The maximum Gasteiger partial charge on any atom is 0.178 e. The molecule has 1 saturated carbocycles. The van der Waals surface area contributed by atoms with E-state index in [1.54, 1.807) is 0 Å². The summed E-state index contributed by atoms with van der Waals surface area (Å²) in [4.78, 5) is 11.9. The van der Waals surface area contributed by atoms with Crippen LogP contribution in [0.4, 0.5) is 4.39 Å². The van der Waals surface area contributed by atoms with Crippen LogP contribution in [0.2, 0.25) is 5.02 Å². The van der Waals surface area contributed by atoms with Crippen molar-refractivity contribution in [3.05, 3.63) is 34.6 Å². The van der Waals surface area contributed by atoms with Gasteiger partial charge >= 0.3 is 0 Å². The monoisotopic (exact) mass is 255 g/mol. The Labute approximate surface area is 105 Å². The third-order valence-electron chi connectivity index (χ3n) is 3.14. The molecule has 17 heavy (non-hydrogen) atoms. The lowest BCUT2D eigenvalue weighted by Crippen LogP contribution is -2.31. The van der Waals surface area contributed by atoms with E-state index in [1.165, 1.54) is 31.0 Å². The van der Waals surface area contributed by atoms with Crippen molar-refractivity contribution in [2.75, 3.05) is 6.54 Å². The lowest BCUT2D eigenvalue weighted by atomic mass is 10.1. The molecule has 1 aromatic carbocycles. The summed E-state index contributed by atoms with van der Waals surface area (Å²) in [7, 11) is 0. The van der Waals surface area contributed by atoms with Crippen molar-refractivity contribution in [3.63, 3.8) is 0 Å². The SMILES string of the molecule is O=C(CNC1CCCC1)c1cc(F)ccc1Cl. The first-order valence-corrected chi connectivity index (χ1v) is 6.26. The molecule has 92 valence electrons. The van der Waals surface area contributed by atoms with Gasteiger partial charge in [-0.1, -0.05) is 24.4 Å². The number of carbonyl (C=O) groups is 1. The standard InChI is InChI=1S/C13H15ClFNO/c14-12-6-5-9(15)7-11(12)13(17)8-16-10-3-1-2-4-10/h5-7,10,16H,1-4,8H2. The number of rotatable bonds is 4. The third-order valence-corrected chi connectivity index (χ3v) is 3.46. The van der Waals surface area contributed by atoms with Gasteiger partial charge in [-0.25, -0.2) is 4.39 Å². The van der Waals surface area contributed by atoms with E-state index in [0.29, 0.717) is 11.1 Å². The topological polar surface area (TPSA) is 29.1 Å². The molecule has 1 aliphatic rings. The molecule has 0 aromatic heterocycles. The minimum absolute atomic E-state index is 0.151. The van der Waals surface area contributed by atoms with Crippen molar-refractivity contribution in [1.82, 2.24) is 5.32 Å². The van der Waals surface area contributed by atoms with Crippen LogP contribution in [0, 0.1) is 5.82 Å². The van der Waals surface area contributed by atoms with E-state index in [1.807, 2.05) is 0 Å². The molecule has 1 aliphatic carbocycles. The molecule has 0 radical (unpaired) electrons. The second-order valence-electron chi connectivity index (χ2n) is 4.41.